The van der Waals surface area contributed by atoms with E-state index >= 15 is 0 Å². The van der Waals surface area contributed by atoms with Gasteiger partial charge in [-0.1, -0.05) is 38.2 Å². The summed E-state index contributed by atoms with van der Waals surface area (Å²) in [6.07, 6.45) is 3.96. The molecule has 6 atom stereocenters. The van der Waals surface area contributed by atoms with Gasteiger partial charge in [0.15, 0.2) is 6.10 Å². The van der Waals surface area contributed by atoms with Gasteiger partial charge < -0.3 is 50.4 Å². The Bertz CT molecular complexity index is 1320. The van der Waals surface area contributed by atoms with Crippen LogP contribution in [0.2, 0.25) is 0 Å². The van der Waals surface area contributed by atoms with E-state index in [1.54, 1.807) is 39.0 Å². The molecule has 0 saturated carbocycles. The van der Waals surface area contributed by atoms with Crippen molar-refractivity contribution in [1.82, 2.24) is 0 Å². The van der Waals surface area contributed by atoms with Gasteiger partial charge in [-0.3, -0.25) is 9.79 Å². The fourth-order valence-corrected chi connectivity index (χ4v) is 5.07. The van der Waals surface area contributed by atoms with Crippen LogP contribution < -0.4 is 11.1 Å². The fraction of sp³-hybridized carbons (Fsp3) is 0.531. The Morgan fingerprint density at radius 1 is 1.22 bits per heavy atom. The number of allylic oxidation sites excluding steroid dienone is 2. The molecule has 250 valence electrons. The van der Waals surface area contributed by atoms with Crippen LogP contribution in [-0.2, 0) is 25.4 Å². The minimum Gasteiger partial charge on any atom is -0.633 e. The normalized spacial score (nSPS) is 25.9. The van der Waals surface area contributed by atoms with E-state index in [9.17, 15) is 30.1 Å². The summed E-state index contributed by atoms with van der Waals surface area (Å²) in [6, 6.07) is 1.20. The highest BCUT2D eigenvalue weighted by molar-refractivity contribution is 6.04. The highest BCUT2D eigenvalue weighted by atomic mass is 16.6. The van der Waals surface area contributed by atoms with Gasteiger partial charge in [0.1, 0.15) is 29.8 Å². The first-order chi connectivity index (χ1) is 21.0. The van der Waals surface area contributed by atoms with Crippen molar-refractivity contribution in [3.63, 3.8) is 0 Å². The number of hydrogen-bond acceptors (Lipinski definition) is 10. The highest BCUT2D eigenvalue weighted by Crippen LogP contribution is 2.44. The second-order valence-corrected chi connectivity index (χ2v) is 12.0. The molecule has 45 heavy (non-hydrogen) atoms. The highest BCUT2D eigenvalue weighted by Gasteiger charge is 2.30. The van der Waals surface area contributed by atoms with Gasteiger partial charge >= 0.3 is 6.09 Å². The molecule has 0 spiro atoms. The summed E-state index contributed by atoms with van der Waals surface area (Å²) in [5, 5.41) is 48.3. The number of hydrogen-bond donors (Lipinski definition) is 5. The van der Waals surface area contributed by atoms with Crippen LogP contribution in [0.3, 0.4) is 0 Å². The first-order valence-electron chi connectivity index (χ1n) is 14.7. The quantitative estimate of drug-likeness (QED) is 0.0773. The average molecular weight is 633 g/mol. The molecule has 1 heterocycles. The molecule has 1 aromatic carbocycles. The number of carbonyl (C=O) groups is 2. The summed E-state index contributed by atoms with van der Waals surface area (Å²) < 4.78 is 16.0. The van der Waals surface area contributed by atoms with Crippen molar-refractivity contribution in [2.45, 2.75) is 65.0 Å². The number of primary amides is 1. The molecule has 0 aromatic heterocycles. The van der Waals surface area contributed by atoms with E-state index in [-0.39, 0.29) is 52.9 Å². The lowest BCUT2D eigenvalue weighted by Gasteiger charge is -2.31. The number of anilines is 1. The van der Waals surface area contributed by atoms with Gasteiger partial charge in [-0.05, 0) is 38.2 Å². The van der Waals surface area contributed by atoms with Crippen molar-refractivity contribution in [2.24, 2.45) is 22.6 Å². The molecular formula is C32H48N4O9. The van der Waals surface area contributed by atoms with E-state index in [2.05, 4.69) is 10.3 Å². The molecule has 0 fully saturated rings. The number of methoxy groups -OCH3 is 2. The van der Waals surface area contributed by atoms with Crippen molar-refractivity contribution in [2.75, 3.05) is 40.2 Å². The van der Waals surface area contributed by atoms with Crippen LogP contribution in [0.15, 0.2) is 46.5 Å². The number of amides is 2. The number of aliphatic hydroxyl groups is 1. The number of phenolic OH excluding ortho intramolecular Hbond substituents is 2. The van der Waals surface area contributed by atoms with E-state index in [1.165, 1.54) is 46.7 Å². The summed E-state index contributed by atoms with van der Waals surface area (Å²) in [5.41, 5.74) is 6.48. The van der Waals surface area contributed by atoms with Gasteiger partial charge in [0.25, 0.3) is 5.91 Å². The number of nitrogens with one attached hydrogen (secondary N) is 1. The zero-order valence-electron chi connectivity index (χ0n) is 27.3. The Morgan fingerprint density at radius 2 is 1.89 bits per heavy atom. The molecule has 0 aliphatic carbocycles. The number of aliphatic hydroxyl groups excluding tert-OH is 1. The van der Waals surface area contributed by atoms with Crippen LogP contribution in [0, 0.1) is 17.0 Å². The van der Waals surface area contributed by atoms with Crippen LogP contribution in [0.1, 0.15) is 39.7 Å². The summed E-state index contributed by atoms with van der Waals surface area (Å²) in [7, 11) is 5.81. The number of benzene rings is 1. The number of carbonyl (C=O) groups excluding carboxylic acids is 2. The SMILES string of the molecule is CO[C@H]1C=CC=C(C)C(=O)Nc2cc(O)c(N=CC[N+](C)(C)[O-])c(c2O)C[C@@H](C)C[C@H](OC)[C@H](O)[C@@H](C)C=C(C)[C@@H]1OC(N)=O. The molecular weight excluding hydrogens is 584 g/mol. The fourth-order valence-electron chi connectivity index (χ4n) is 5.07. The molecule has 0 unspecified atom stereocenters. The van der Waals surface area contributed by atoms with Gasteiger partial charge in [0.2, 0.25) is 0 Å². The first kappa shape index (κ1) is 37.4. The van der Waals surface area contributed by atoms with Crippen LogP contribution in [0.4, 0.5) is 16.2 Å². The number of aromatic hydroxyl groups is 2. The number of hydroxylamine groups is 3. The van der Waals surface area contributed by atoms with Crippen molar-refractivity contribution >= 4 is 29.6 Å². The second-order valence-electron chi connectivity index (χ2n) is 12.0. The van der Waals surface area contributed by atoms with Gasteiger partial charge in [-0.25, -0.2) is 4.79 Å². The number of phenols is 2. The van der Waals surface area contributed by atoms with Crippen molar-refractivity contribution in [3.05, 3.63) is 52.3 Å². The predicted molar refractivity (Wildman–Crippen MR) is 172 cm³/mol. The summed E-state index contributed by atoms with van der Waals surface area (Å²) in [6.45, 7) is 6.99. The molecule has 13 nitrogen and oxygen atoms in total. The zero-order chi connectivity index (χ0) is 34.1. The number of fused-ring (bicyclic) bond motifs is 2. The minimum atomic E-state index is -1.01. The summed E-state index contributed by atoms with van der Waals surface area (Å²) >= 11 is 0. The molecule has 1 aliphatic rings. The molecule has 2 bridgehead atoms. The average Bonchev–Trinajstić information content (AvgIpc) is 2.95. The molecule has 1 aliphatic heterocycles. The Kier molecular flexibility index (Phi) is 13.8. The van der Waals surface area contributed by atoms with Crippen LogP contribution in [-0.4, -0.2) is 97.5 Å². The third-order valence-electron chi connectivity index (χ3n) is 7.54. The Balaban J connectivity index is 2.69. The van der Waals surface area contributed by atoms with E-state index in [1.807, 2.05) is 6.92 Å². The lowest BCUT2D eigenvalue weighted by molar-refractivity contribution is -0.829. The number of quaternary nitrogens is 1. The number of aliphatic imine (C=N–C) groups is 1. The van der Waals surface area contributed by atoms with Gasteiger partial charge in [0, 0.05) is 37.3 Å². The Hall–Kier alpha value is -3.75. The van der Waals surface area contributed by atoms with Crippen LogP contribution in [0.25, 0.3) is 0 Å². The van der Waals surface area contributed by atoms with Crippen molar-refractivity contribution in [3.8, 4) is 11.5 Å². The molecule has 2 amide bonds. The predicted octanol–water partition coefficient (Wildman–Crippen LogP) is 3.83. The first-order valence-corrected chi connectivity index (χ1v) is 14.7. The number of nitrogens with two attached hydrogens (primary N) is 1. The third-order valence-corrected chi connectivity index (χ3v) is 7.54. The van der Waals surface area contributed by atoms with Crippen molar-refractivity contribution < 1.29 is 43.8 Å². The number of ether oxygens (including phenoxy) is 3. The lowest BCUT2D eigenvalue weighted by atomic mass is 9.87. The van der Waals surface area contributed by atoms with Gasteiger partial charge in [0.05, 0.1) is 38.2 Å². The van der Waals surface area contributed by atoms with E-state index in [0.717, 1.165) is 0 Å². The van der Waals surface area contributed by atoms with E-state index in [4.69, 9.17) is 19.9 Å². The maximum atomic E-state index is 13.1. The van der Waals surface area contributed by atoms with E-state index in [0.29, 0.717) is 12.0 Å². The maximum Gasteiger partial charge on any atom is 0.405 e. The summed E-state index contributed by atoms with van der Waals surface area (Å²) in [4.78, 5) is 29.2. The minimum absolute atomic E-state index is 0.0171. The topological polar surface area (TPSA) is 196 Å². The second kappa shape index (κ2) is 16.5. The standard InChI is InChI=1S/C32H48N4O9/c1-18-14-22-27(34-12-13-36(5,6)42)24(37)17-23(29(22)39)35-31(40)19(2)10-9-11-25(43-7)30(45-32(33)41)21(4)16-20(3)28(38)26(15-18)44-8/h9-12,16-18,20,25-26,28,30,37-39H,13-15H2,1-8H3,(H2,33,41)(H,35,40)/t18-,20+,25+,26+,28-,30+/m1/s1. The molecule has 13 heteroatoms. The van der Waals surface area contributed by atoms with Gasteiger partial charge in [-0.15, -0.1) is 0 Å². The third kappa shape index (κ3) is 11.0. The number of nitrogens with zero attached hydrogens (tertiary/aromatic N) is 2. The largest absolute Gasteiger partial charge is 0.633 e. The lowest BCUT2D eigenvalue weighted by Crippen LogP contribution is -2.37. The molecule has 6 N–H and O–H groups in total. The molecule has 2 rings (SSSR count). The van der Waals surface area contributed by atoms with Crippen molar-refractivity contribution in [1.29, 1.82) is 0 Å². The Morgan fingerprint density at radius 3 is 2.47 bits per heavy atom. The summed E-state index contributed by atoms with van der Waals surface area (Å²) in [5.74, 6) is -1.83. The maximum absolute atomic E-state index is 13.1. The zero-order valence-corrected chi connectivity index (χ0v) is 27.3. The molecule has 1 aromatic rings. The van der Waals surface area contributed by atoms with Crippen LogP contribution >= 0.6 is 0 Å². The Labute approximate surface area is 264 Å². The number of rotatable bonds is 6. The monoisotopic (exact) mass is 632 g/mol. The molecule has 0 saturated heterocycles. The molecule has 0 radical (unpaired) electrons. The van der Waals surface area contributed by atoms with E-state index < -0.39 is 47.0 Å². The van der Waals surface area contributed by atoms with Crippen LogP contribution in [0.5, 0.6) is 11.5 Å². The van der Waals surface area contributed by atoms with Gasteiger partial charge in [-0.2, -0.15) is 0 Å². The smallest absolute Gasteiger partial charge is 0.405 e.